The van der Waals surface area contributed by atoms with E-state index >= 15 is 0 Å². The number of amides is 1. The Morgan fingerprint density at radius 1 is 1.11 bits per heavy atom. The zero-order valence-electron chi connectivity index (χ0n) is 16.2. The van der Waals surface area contributed by atoms with Gasteiger partial charge < -0.3 is 4.90 Å². The largest absolute Gasteiger partial charge is 0.339 e. The quantitative estimate of drug-likeness (QED) is 0.698. The van der Waals surface area contributed by atoms with E-state index in [2.05, 4.69) is 27.0 Å². The van der Waals surface area contributed by atoms with Gasteiger partial charge in [-0.2, -0.15) is 5.10 Å². The van der Waals surface area contributed by atoms with Gasteiger partial charge in [0.25, 0.3) is 0 Å². The minimum absolute atomic E-state index is 0.132. The number of carbonyl (C=O) groups is 1. The summed E-state index contributed by atoms with van der Waals surface area (Å²) in [6, 6.07) is 7.11. The van der Waals surface area contributed by atoms with Crippen molar-refractivity contribution in [3.05, 3.63) is 42.6 Å². The Balaban J connectivity index is 1.36. The molecule has 0 aliphatic carbocycles. The number of benzene rings is 1. The molecule has 1 amide bonds. The molecule has 0 spiro atoms. The molecular weight excluding hydrogens is 352 g/mol. The molecule has 2 unspecified atom stereocenters. The summed E-state index contributed by atoms with van der Waals surface area (Å²) in [7, 11) is 4.08. The van der Waals surface area contributed by atoms with E-state index in [1.54, 1.807) is 4.68 Å². The Hall–Kier alpha value is -2.80. The minimum Gasteiger partial charge on any atom is -0.339 e. The van der Waals surface area contributed by atoms with E-state index in [1.165, 1.54) is 12.8 Å². The van der Waals surface area contributed by atoms with Crippen LogP contribution in [0.15, 0.2) is 36.8 Å². The molecule has 2 atom stereocenters. The smallest absolute Gasteiger partial charge is 0.230 e. The summed E-state index contributed by atoms with van der Waals surface area (Å²) in [5, 5.41) is 5.21. The van der Waals surface area contributed by atoms with Crippen molar-refractivity contribution in [2.45, 2.75) is 31.3 Å². The molecule has 0 saturated carbocycles. The second kappa shape index (κ2) is 6.67. The number of carbonyl (C=O) groups excluding carboxylic acids is 1. The molecule has 28 heavy (non-hydrogen) atoms. The van der Waals surface area contributed by atoms with Crippen LogP contribution >= 0.6 is 0 Å². The van der Waals surface area contributed by atoms with Gasteiger partial charge in [-0.3, -0.25) is 14.4 Å². The van der Waals surface area contributed by atoms with Crippen molar-refractivity contribution in [2.75, 3.05) is 20.1 Å². The highest BCUT2D eigenvalue weighted by molar-refractivity contribution is 5.84. The van der Waals surface area contributed by atoms with Crippen LogP contribution in [0, 0.1) is 0 Å². The van der Waals surface area contributed by atoms with E-state index in [1.807, 2.05) is 48.7 Å². The highest BCUT2D eigenvalue weighted by Gasteiger charge is 2.38. The third kappa shape index (κ3) is 3.05. The maximum Gasteiger partial charge on any atom is 0.230 e. The molecule has 2 aliphatic rings. The lowest BCUT2D eigenvalue weighted by Gasteiger charge is -2.38. The Bertz CT molecular complexity index is 1030. The van der Waals surface area contributed by atoms with Crippen molar-refractivity contribution < 1.29 is 4.79 Å². The lowest BCUT2D eigenvalue weighted by molar-refractivity contribution is -0.133. The molecule has 7 heteroatoms. The molecule has 2 saturated heterocycles. The van der Waals surface area contributed by atoms with Crippen LogP contribution in [-0.2, 0) is 18.3 Å². The van der Waals surface area contributed by atoms with Crippen molar-refractivity contribution in [2.24, 2.45) is 7.05 Å². The number of rotatable bonds is 3. The number of aromatic nitrogens is 4. The van der Waals surface area contributed by atoms with Crippen molar-refractivity contribution in [1.29, 1.82) is 0 Å². The second-order valence-corrected chi connectivity index (χ2v) is 7.99. The Kier molecular flexibility index (Phi) is 4.12. The van der Waals surface area contributed by atoms with Gasteiger partial charge in [0.05, 0.1) is 18.1 Å². The number of piperazine rings is 1. The number of fused-ring (bicyclic) bond motifs is 3. The molecule has 7 nitrogen and oxygen atoms in total. The van der Waals surface area contributed by atoms with E-state index in [0.717, 1.165) is 35.1 Å². The van der Waals surface area contributed by atoms with Gasteiger partial charge in [-0.05, 0) is 31.5 Å². The summed E-state index contributed by atoms with van der Waals surface area (Å²) in [6.07, 6.45) is 8.27. The average Bonchev–Trinajstić information content (AvgIpc) is 3.19. The highest BCUT2D eigenvalue weighted by atomic mass is 16.2. The third-order valence-electron chi connectivity index (χ3n) is 6.18. The Morgan fingerprint density at radius 2 is 1.89 bits per heavy atom. The van der Waals surface area contributed by atoms with E-state index in [-0.39, 0.29) is 12.3 Å². The zero-order chi connectivity index (χ0) is 19.3. The second-order valence-electron chi connectivity index (χ2n) is 7.99. The van der Waals surface area contributed by atoms with Crippen LogP contribution in [-0.4, -0.2) is 67.7 Å². The standard InChI is InChI=1S/C21H24N6O/c1-25-11-16(10-23-25)14-3-4-15-9-22-20(24-19(15)7-14)8-21(28)27-12-17-5-6-18(13-27)26(17)2/h3-4,7,9-11,17-18H,5-6,8,12-13H2,1-2H3. The minimum atomic E-state index is 0.132. The summed E-state index contributed by atoms with van der Waals surface area (Å²) in [5.74, 6) is 0.722. The fourth-order valence-corrected chi connectivity index (χ4v) is 4.46. The van der Waals surface area contributed by atoms with Crippen LogP contribution in [0.1, 0.15) is 18.7 Å². The van der Waals surface area contributed by atoms with Gasteiger partial charge >= 0.3 is 0 Å². The van der Waals surface area contributed by atoms with E-state index in [0.29, 0.717) is 17.9 Å². The number of aryl methyl sites for hydroxylation is 1. The fourth-order valence-electron chi connectivity index (χ4n) is 4.46. The van der Waals surface area contributed by atoms with Crippen LogP contribution < -0.4 is 0 Å². The monoisotopic (exact) mass is 376 g/mol. The maximum absolute atomic E-state index is 12.8. The van der Waals surface area contributed by atoms with Gasteiger partial charge in [0, 0.05) is 55.6 Å². The number of nitrogens with zero attached hydrogens (tertiary/aromatic N) is 6. The molecule has 1 aromatic carbocycles. The Labute approximate surface area is 164 Å². The molecule has 144 valence electrons. The van der Waals surface area contributed by atoms with Crippen molar-refractivity contribution >= 4 is 16.8 Å². The zero-order valence-corrected chi connectivity index (χ0v) is 16.2. The van der Waals surface area contributed by atoms with Crippen LogP contribution in [0.25, 0.3) is 22.0 Å². The summed E-state index contributed by atoms with van der Waals surface area (Å²) in [6.45, 7) is 1.65. The lowest BCUT2D eigenvalue weighted by atomic mass is 10.1. The SMILES string of the molecule is CN1C2CCC1CN(C(=O)Cc1ncc3ccc(-c4cnn(C)c4)cc3n1)C2. The first-order chi connectivity index (χ1) is 13.6. The van der Waals surface area contributed by atoms with Crippen molar-refractivity contribution in [3.63, 3.8) is 0 Å². The number of hydrogen-bond donors (Lipinski definition) is 0. The topological polar surface area (TPSA) is 67.2 Å². The van der Waals surface area contributed by atoms with Gasteiger partial charge in [-0.15, -0.1) is 0 Å². The molecule has 2 bridgehead atoms. The first-order valence-corrected chi connectivity index (χ1v) is 9.81. The Morgan fingerprint density at radius 3 is 2.61 bits per heavy atom. The first-order valence-electron chi connectivity index (χ1n) is 9.81. The third-order valence-corrected chi connectivity index (χ3v) is 6.18. The molecule has 3 aromatic rings. The average molecular weight is 376 g/mol. The number of hydrogen-bond acceptors (Lipinski definition) is 5. The number of likely N-dealkylation sites (tertiary alicyclic amines) is 1. The summed E-state index contributed by atoms with van der Waals surface area (Å²) >= 11 is 0. The summed E-state index contributed by atoms with van der Waals surface area (Å²) in [4.78, 5) is 26.4. The van der Waals surface area contributed by atoms with E-state index in [9.17, 15) is 4.79 Å². The molecular formula is C21H24N6O. The van der Waals surface area contributed by atoms with Crippen LogP contribution in [0.4, 0.5) is 0 Å². The molecule has 2 aliphatic heterocycles. The normalized spacial score (nSPS) is 22.1. The van der Waals surface area contributed by atoms with Crippen LogP contribution in [0.3, 0.4) is 0 Å². The molecule has 2 fully saturated rings. The van der Waals surface area contributed by atoms with E-state index < -0.39 is 0 Å². The predicted molar refractivity (Wildman–Crippen MR) is 107 cm³/mol. The molecule has 0 radical (unpaired) electrons. The predicted octanol–water partition coefficient (Wildman–Crippen LogP) is 1.88. The van der Waals surface area contributed by atoms with Gasteiger partial charge in [0.15, 0.2) is 0 Å². The molecule has 5 rings (SSSR count). The molecule has 2 aromatic heterocycles. The van der Waals surface area contributed by atoms with E-state index in [4.69, 9.17) is 0 Å². The number of likely N-dealkylation sites (N-methyl/N-ethyl adjacent to an activating group) is 1. The van der Waals surface area contributed by atoms with Gasteiger partial charge in [0.1, 0.15) is 5.82 Å². The van der Waals surface area contributed by atoms with Crippen molar-refractivity contribution in [3.8, 4) is 11.1 Å². The van der Waals surface area contributed by atoms with Crippen LogP contribution in [0.5, 0.6) is 0 Å². The lowest BCUT2D eigenvalue weighted by Crippen LogP contribution is -2.54. The van der Waals surface area contributed by atoms with Gasteiger partial charge in [-0.25, -0.2) is 9.97 Å². The summed E-state index contributed by atoms with van der Waals surface area (Å²) < 4.78 is 1.78. The van der Waals surface area contributed by atoms with Crippen LogP contribution in [0.2, 0.25) is 0 Å². The fraction of sp³-hybridized carbons (Fsp3) is 0.429. The van der Waals surface area contributed by atoms with Gasteiger partial charge in [0.2, 0.25) is 5.91 Å². The molecule has 4 heterocycles. The first kappa shape index (κ1) is 17.3. The molecule has 0 N–H and O–H groups in total. The highest BCUT2D eigenvalue weighted by Crippen LogP contribution is 2.28. The van der Waals surface area contributed by atoms with Crippen molar-refractivity contribution in [1.82, 2.24) is 29.5 Å². The summed E-state index contributed by atoms with van der Waals surface area (Å²) in [5.41, 5.74) is 2.97. The maximum atomic E-state index is 12.8. The van der Waals surface area contributed by atoms with Gasteiger partial charge in [-0.1, -0.05) is 12.1 Å².